The molecule has 0 unspecified atom stereocenters. The number of halogens is 2. The first-order chi connectivity index (χ1) is 19.4. The van der Waals surface area contributed by atoms with Crippen LogP contribution in [-0.4, -0.2) is 25.0 Å². The van der Waals surface area contributed by atoms with Gasteiger partial charge in [-0.3, -0.25) is 14.0 Å². The number of benzene rings is 2. The average molecular weight is 589 g/mol. The smallest absolute Gasteiger partial charge is 0.340 e. The molecule has 0 spiro atoms. The van der Waals surface area contributed by atoms with Gasteiger partial charge in [0.25, 0.3) is 5.56 Å². The van der Waals surface area contributed by atoms with Gasteiger partial charge in [0, 0.05) is 51.4 Å². The normalized spacial score (nSPS) is 15.5. The second-order valence-electron chi connectivity index (χ2n) is 10.8. The van der Waals surface area contributed by atoms with Crippen LogP contribution in [-0.2, 0) is 10.4 Å². The number of aliphatic hydroxyl groups is 1. The van der Waals surface area contributed by atoms with Crippen molar-refractivity contribution in [3.05, 3.63) is 120 Å². The monoisotopic (exact) mass is 588 g/mol. The molecule has 0 aliphatic heterocycles. The van der Waals surface area contributed by atoms with Crippen molar-refractivity contribution >= 4 is 51.1 Å². The maximum Gasteiger partial charge on any atom is 0.340 e. The number of pyridine rings is 1. The predicted octanol–water partition coefficient (Wildman–Crippen LogP) is 5.09. The molecule has 1 amide bonds. The number of carbonyl (C=O) groups excluding carboxylic acids is 1. The van der Waals surface area contributed by atoms with Crippen molar-refractivity contribution in [1.29, 1.82) is 0 Å². The largest absolute Gasteiger partial charge is 0.386 e. The Morgan fingerprint density at radius 3 is 2.56 bits per heavy atom. The fraction of sp³-hybridized carbons (Fsp3) is 0.194. The lowest BCUT2D eigenvalue weighted by Crippen LogP contribution is -2.36. The van der Waals surface area contributed by atoms with Crippen molar-refractivity contribution in [2.45, 2.75) is 38.7 Å². The van der Waals surface area contributed by atoms with Crippen LogP contribution in [0.2, 0.25) is 5.02 Å². The van der Waals surface area contributed by atoms with Gasteiger partial charge in [-0.2, -0.15) is 0 Å². The highest BCUT2D eigenvalue weighted by atomic mass is 35.5. The summed E-state index contributed by atoms with van der Waals surface area (Å²) < 4.78 is 2.44. The Bertz CT molecular complexity index is 2080. The SMILES string of the molecule is Cc1c(C2=C(Cl)C[C@H](C(N)=O)c3[nH]c4cc(C(C)(C)O)ccc4c32)cccc1-n1c(=O)cc2c(Cl)cccn2c1=O. The van der Waals surface area contributed by atoms with Crippen molar-refractivity contribution in [1.82, 2.24) is 14.0 Å². The van der Waals surface area contributed by atoms with Gasteiger partial charge < -0.3 is 15.8 Å². The molecule has 5 aromatic rings. The van der Waals surface area contributed by atoms with Gasteiger partial charge in [0.15, 0.2) is 0 Å². The van der Waals surface area contributed by atoms with Gasteiger partial charge in [0.1, 0.15) is 0 Å². The van der Waals surface area contributed by atoms with Crippen molar-refractivity contribution in [3.8, 4) is 5.69 Å². The summed E-state index contributed by atoms with van der Waals surface area (Å²) in [5.41, 5.74) is 9.16. The quantitative estimate of drug-likeness (QED) is 0.270. The summed E-state index contributed by atoms with van der Waals surface area (Å²) in [5.74, 6) is -1.20. The van der Waals surface area contributed by atoms with Crippen LogP contribution in [0.25, 0.3) is 27.7 Å². The van der Waals surface area contributed by atoms with Gasteiger partial charge in [0.05, 0.1) is 27.7 Å². The van der Waals surface area contributed by atoms with E-state index < -0.39 is 28.7 Å². The predicted molar refractivity (Wildman–Crippen MR) is 161 cm³/mol. The summed E-state index contributed by atoms with van der Waals surface area (Å²) in [6, 6.07) is 15.5. The Kier molecular flexibility index (Phi) is 6.26. The minimum absolute atomic E-state index is 0.186. The third-order valence-electron chi connectivity index (χ3n) is 7.81. The number of hydrogen-bond donors (Lipinski definition) is 3. The number of amides is 1. The number of nitrogens with one attached hydrogen (secondary N) is 1. The second-order valence-corrected chi connectivity index (χ2v) is 11.7. The fourth-order valence-electron chi connectivity index (χ4n) is 5.71. The minimum atomic E-state index is -1.07. The number of nitrogens with two attached hydrogens (primary N) is 1. The lowest BCUT2D eigenvalue weighted by molar-refractivity contribution is -0.119. The van der Waals surface area contributed by atoms with Crippen LogP contribution in [0.4, 0.5) is 0 Å². The molecule has 4 N–H and O–H groups in total. The van der Waals surface area contributed by atoms with E-state index >= 15 is 0 Å². The van der Waals surface area contributed by atoms with Crippen molar-refractivity contribution in [3.63, 3.8) is 0 Å². The molecule has 1 aliphatic rings. The Hall–Kier alpha value is -4.11. The zero-order valence-electron chi connectivity index (χ0n) is 22.5. The van der Waals surface area contributed by atoms with Crippen LogP contribution in [0, 0.1) is 6.92 Å². The molecule has 41 heavy (non-hydrogen) atoms. The topological polar surface area (TPSA) is 123 Å². The Labute approximate surface area is 244 Å². The molecule has 3 aromatic heterocycles. The summed E-state index contributed by atoms with van der Waals surface area (Å²) in [7, 11) is 0. The van der Waals surface area contributed by atoms with Gasteiger partial charge in [-0.1, -0.05) is 47.5 Å². The molecule has 0 saturated heterocycles. The Balaban J connectivity index is 1.62. The van der Waals surface area contributed by atoms with Crippen molar-refractivity contribution in [2.24, 2.45) is 5.73 Å². The summed E-state index contributed by atoms with van der Waals surface area (Å²) in [6.45, 7) is 5.22. The number of hydrogen-bond acceptors (Lipinski definition) is 4. The highest BCUT2D eigenvalue weighted by molar-refractivity contribution is 6.35. The summed E-state index contributed by atoms with van der Waals surface area (Å²) in [6.07, 6.45) is 1.74. The van der Waals surface area contributed by atoms with Crippen LogP contribution < -0.4 is 17.0 Å². The molecule has 0 fully saturated rings. The summed E-state index contributed by atoms with van der Waals surface area (Å²) in [4.78, 5) is 42.7. The molecule has 0 radical (unpaired) electrons. The number of rotatable bonds is 4. The Morgan fingerprint density at radius 2 is 1.85 bits per heavy atom. The number of fused-ring (bicyclic) bond motifs is 4. The van der Waals surface area contributed by atoms with E-state index in [0.717, 1.165) is 21.0 Å². The molecule has 0 bridgehead atoms. The third-order valence-corrected chi connectivity index (χ3v) is 8.47. The maximum atomic E-state index is 13.5. The van der Waals surface area contributed by atoms with Crippen LogP contribution in [0.3, 0.4) is 0 Å². The number of aromatic nitrogens is 3. The average Bonchev–Trinajstić information content (AvgIpc) is 3.28. The molecule has 1 aliphatic carbocycles. The highest BCUT2D eigenvalue weighted by Gasteiger charge is 2.34. The first-order valence-corrected chi connectivity index (χ1v) is 13.7. The van der Waals surface area contributed by atoms with Crippen molar-refractivity contribution in [2.75, 3.05) is 0 Å². The summed E-state index contributed by atoms with van der Waals surface area (Å²) in [5, 5.41) is 12.1. The van der Waals surface area contributed by atoms with Crippen LogP contribution in [0.15, 0.2) is 75.4 Å². The number of nitrogens with zero attached hydrogens (tertiary/aromatic N) is 2. The molecule has 10 heteroatoms. The lowest BCUT2D eigenvalue weighted by Gasteiger charge is -2.25. The standard InChI is InChI=1S/C31H26Cl2N4O4/c1-15-17(6-4-8-23(15)37-25(38)14-24-20(32)7-5-11-36(24)30(37)40)26-21(33)13-19(29(34)39)28-27(26)18-10-9-16(31(2,3)41)12-22(18)35-28/h4-12,14,19,35,41H,13H2,1-3H3,(H2,34,39)/t19-/m0/s1. The molecule has 208 valence electrons. The van der Waals surface area contributed by atoms with Gasteiger partial charge in [0.2, 0.25) is 5.91 Å². The molecule has 1 atom stereocenters. The highest BCUT2D eigenvalue weighted by Crippen LogP contribution is 2.47. The van der Waals surface area contributed by atoms with Crippen LogP contribution in [0.5, 0.6) is 0 Å². The van der Waals surface area contributed by atoms with E-state index in [9.17, 15) is 19.5 Å². The van der Waals surface area contributed by atoms with Gasteiger partial charge in [-0.05, 0) is 61.7 Å². The number of allylic oxidation sites excluding steroid dienone is 1. The van der Waals surface area contributed by atoms with Gasteiger partial charge >= 0.3 is 5.69 Å². The molecular weight excluding hydrogens is 563 g/mol. The minimum Gasteiger partial charge on any atom is -0.386 e. The van der Waals surface area contributed by atoms with Crippen molar-refractivity contribution < 1.29 is 9.90 Å². The first kappa shape index (κ1) is 27.1. The number of aromatic amines is 1. The zero-order chi connectivity index (χ0) is 29.4. The van der Waals surface area contributed by atoms with E-state index in [2.05, 4.69) is 4.98 Å². The second kappa shape index (κ2) is 9.48. The van der Waals surface area contributed by atoms with Gasteiger partial charge in [-0.15, -0.1) is 0 Å². The third kappa shape index (κ3) is 4.22. The zero-order valence-corrected chi connectivity index (χ0v) is 24.0. The number of H-pyrrole nitrogens is 1. The Morgan fingerprint density at radius 1 is 1.10 bits per heavy atom. The molecule has 0 saturated carbocycles. The fourth-order valence-corrected chi connectivity index (χ4v) is 6.28. The van der Waals surface area contributed by atoms with E-state index in [4.69, 9.17) is 28.9 Å². The molecular formula is C31H26Cl2N4O4. The molecule has 2 aromatic carbocycles. The van der Waals surface area contributed by atoms with E-state index in [1.807, 2.05) is 31.2 Å². The molecule has 6 rings (SSSR count). The van der Waals surface area contributed by atoms with Crippen LogP contribution >= 0.6 is 23.2 Å². The van der Waals surface area contributed by atoms with E-state index in [0.29, 0.717) is 49.2 Å². The molecule has 8 nitrogen and oxygen atoms in total. The lowest BCUT2D eigenvalue weighted by atomic mass is 9.81. The van der Waals surface area contributed by atoms with Crippen LogP contribution in [0.1, 0.15) is 54.1 Å². The maximum absolute atomic E-state index is 13.5. The first-order valence-electron chi connectivity index (χ1n) is 13.0. The number of carbonyl (C=O) groups is 1. The number of primary amides is 1. The summed E-state index contributed by atoms with van der Waals surface area (Å²) >= 11 is 13.2. The van der Waals surface area contributed by atoms with E-state index in [1.54, 1.807) is 44.3 Å². The van der Waals surface area contributed by atoms with Gasteiger partial charge in [-0.25, -0.2) is 9.36 Å². The van der Waals surface area contributed by atoms with E-state index in [-0.39, 0.29) is 6.42 Å². The molecule has 3 heterocycles. The van der Waals surface area contributed by atoms with E-state index in [1.165, 1.54) is 10.5 Å².